The fourth-order valence-electron chi connectivity index (χ4n) is 3.13. The molecule has 0 saturated carbocycles. The lowest BCUT2D eigenvalue weighted by Crippen LogP contribution is -2.39. The van der Waals surface area contributed by atoms with Crippen LogP contribution in [0.2, 0.25) is 0 Å². The molecule has 1 aromatic heterocycles. The number of methoxy groups -OCH3 is 1. The lowest BCUT2D eigenvalue weighted by Gasteiger charge is -2.32. The molecule has 1 saturated heterocycles. The summed E-state index contributed by atoms with van der Waals surface area (Å²) in [5, 5.41) is 4.01. The van der Waals surface area contributed by atoms with Crippen LogP contribution >= 0.6 is 11.5 Å². The molecule has 2 heterocycles. The zero-order valence-electron chi connectivity index (χ0n) is 14.9. The third-order valence-corrected chi connectivity index (χ3v) is 7.02. The number of carbonyl (C=O) groups excluding carboxylic acids is 2. The number of hydrogen-bond acceptors (Lipinski definition) is 8. The molecule has 0 bridgehead atoms. The Hall–Kier alpha value is -2.33. The van der Waals surface area contributed by atoms with E-state index in [1.165, 1.54) is 7.11 Å². The lowest BCUT2D eigenvalue weighted by molar-refractivity contribution is 0.0599. The summed E-state index contributed by atoms with van der Waals surface area (Å²) in [7, 11) is -2.10. The zero-order valence-corrected chi connectivity index (χ0v) is 16.5. The second-order valence-electron chi connectivity index (χ2n) is 6.38. The summed E-state index contributed by atoms with van der Waals surface area (Å²) in [6, 6.07) is 6.27. The van der Waals surface area contributed by atoms with Crippen LogP contribution in [-0.2, 0) is 14.6 Å². The minimum absolute atomic E-state index is 0.166. The van der Waals surface area contributed by atoms with Crippen molar-refractivity contribution in [3.63, 3.8) is 0 Å². The van der Waals surface area contributed by atoms with Crippen molar-refractivity contribution in [2.75, 3.05) is 26.5 Å². The van der Waals surface area contributed by atoms with Crippen LogP contribution in [-0.4, -0.2) is 61.2 Å². The van der Waals surface area contributed by atoms with Crippen LogP contribution in [0.25, 0.3) is 0 Å². The maximum atomic E-state index is 12.8. The average molecular weight is 409 g/mol. The van der Waals surface area contributed by atoms with Gasteiger partial charge in [0, 0.05) is 42.4 Å². The second-order valence-corrected chi connectivity index (χ2v) is 9.34. The van der Waals surface area contributed by atoms with Crippen LogP contribution in [0.5, 0.6) is 0 Å². The van der Waals surface area contributed by atoms with Crippen LogP contribution < -0.4 is 0 Å². The van der Waals surface area contributed by atoms with Crippen molar-refractivity contribution in [2.24, 2.45) is 0 Å². The molecule has 1 aliphatic rings. The number of nitrogens with zero attached hydrogens (tertiary/aromatic N) is 3. The summed E-state index contributed by atoms with van der Waals surface area (Å²) in [5.41, 5.74) is 1.28. The van der Waals surface area contributed by atoms with Gasteiger partial charge in [-0.3, -0.25) is 4.79 Å². The van der Waals surface area contributed by atoms with Gasteiger partial charge in [0.1, 0.15) is 0 Å². The van der Waals surface area contributed by atoms with Gasteiger partial charge in [0.2, 0.25) is 0 Å². The summed E-state index contributed by atoms with van der Waals surface area (Å²) < 4.78 is 32.5. The van der Waals surface area contributed by atoms with E-state index in [9.17, 15) is 18.0 Å². The minimum atomic E-state index is -3.40. The molecule has 1 aromatic carbocycles. The lowest BCUT2D eigenvalue weighted by atomic mass is 9.95. The predicted molar refractivity (Wildman–Crippen MR) is 98.7 cm³/mol. The number of sulfone groups is 1. The number of rotatable bonds is 4. The van der Waals surface area contributed by atoms with Gasteiger partial charge in [-0.25, -0.2) is 13.2 Å². The first-order valence-electron chi connectivity index (χ1n) is 8.31. The summed E-state index contributed by atoms with van der Waals surface area (Å²) in [4.78, 5) is 26.0. The molecule has 8 nitrogen and oxygen atoms in total. The number of likely N-dealkylation sites (tertiary alicyclic amines) is 1. The molecular formula is C17H19N3O5S2. The van der Waals surface area contributed by atoms with Crippen molar-refractivity contribution in [3.05, 3.63) is 41.1 Å². The molecule has 3 rings (SSSR count). The molecule has 0 radical (unpaired) electrons. The second kappa shape index (κ2) is 7.73. The topological polar surface area (TPSA) is 107 Å². The van der Waals surface area contributed by atoms with Gasteiger partial charge in [0.25, 0.3) is 5.91 Å². The maximum Gasteiger partial charge on any atom is 0.337 e. The van der Waals surface area contributed by atoms with E-state index >= 15 is 0 Å². The van der Waals surface area contributed by atoms with Gasteiger partial charge in [-0.1, -0.05) is 4.49 Å². The quantitative estimate of drug-likeness (QED) is 0.708. The Kier molecular flexibility index (Phi) is 5.56. The van der Waals surface area contributed by atoms with Crippen LogP contribution in [0.4, 0.5) is 0 Å². The van der Waals surface area contributed by atoms with E-state index in [2.05, 4.69) is 14.3 Å². The number of esters is 1. The number of benzene rings is 1. The average Bonchev–Trinajstić information content (AvgIpc) is 3.17. The molecule has 2 aromatic rings. The highest BCUT2D eigenvalue weighted by molar-refractivity contribution is 7.92. The highest BCUT2D eigenvalue weighted by Crippen LogP contribution is 2.32. The SMILES string of the molecule is COC(=O)c1ccc(C(=O)N2CCC[C@H](c3nnsc3S(C)(=O)=O)C2)cc1. The Morgan fingerprint density at radius 2 is 1.89 bits per heavy atom. The Balaban J connectivity index is 1.77. The standard InChI is InChI=1S/C17H19N3O5S2/c1-25-16(22)12-7-5-11(6-8-12)15(21)20-9-3-4-13(10-20)14-17(26-19-18-14)27(2,23)24/h5-8,13H,3-4,9-10H2,1-2H3/t13-/m0/s1. The van der Waals surface area contributed by atoms with Gasteiger partial charge in [0.05, 0.1) is 18.4 Å². The van der Waals surface area contributed by atoms with Crippen LogP contribution in [0.15, 0.2) is 28.5 Å². The highest BCUT2D eigenvalue weighted by atomic mass is 32.2. The van der Waals surface area contributed by atoms with Crippen molar-refractivity contribution in [3.8, 4) is 0 Å². The Bertz CT molecular complexity index is 953. The first-order valence-corrected chi connectivity index (χ1v) is 11.0. The Morgan fingerprint density at radius 3 is 2.52 bits per heavy atom. The Morgan fingerprint density at radius 1 is 1.22 bits per heavy atom. The molecule has 144 valence electrons. The molecule has 1 aliphatic heterocycles. The molecule has 1 amide bonds. The molecule has 1 atom stereocenters. The van der Waals surface area contributed by atoms with Crippen molar-refractivity contribution in [2.45, 2.75) is 23.0 Å². The smallest absolute Gasteiger partial charge is 0.337 e. The number of piperidine rings is 1. The third kappa shape index (κ3) is 4.16. The number of amides is 1. The van der Waals surface area contributed by atoms with E-state index < -0.39 is 15.8 Å². The van der Waals surface area contributed by atoms with Crippen LogP contribution in [0.3, 0.4) is 0 Å². The number of carbonyl (C=O) groups is 2. The number of ether oxygens (including phenoxy) is 1. The van der Waals surface area contributed by atoms with E-state index in [0.717, 1.165) is 30.6 Å². The monoisotopic (exact) mass is 409 g/mol. The van der Waals surface area contributed by atoms with Crippen molar-refractivity contribution in [1.82, 2.24) is 14.5 Å². The largest absolute Gasteiger partial charge is 0.465 e. The molecular weight excluding hydrogens is 390 g/mol. The fraction of sp³-hybridized carbons (Fsp3) is 0.412. The first-order chi connectivity index (χ1) is 12.8. The van der Waals surface area contributed by atoms with E-state index in [1.807, 2.05) is 0 Å². The van der Waals surface area contributed by atoms with Gasteiger partial charge in [-0.05, 0) is 37.1 Å². The fourth-order valence-corrected chi connectivity index (χ4v) is 4.86. The van der Waals surface area contributed by atoms with E-state index in [1.54, 1.807) is 29.2 Å². The molecule has 0 N–H and O–H groups in total. The van der Waals surface area contributed by atoms with Gasteiger partial charge in [0.15, 0.2) is 14.0 Å². The molecule has 0 unspecified atom stereocenters. The summed E-state index contributed by atoms with van der Waals surface area (Å²) in [6.07, 6.45) is 2.64. The summed E-state index contributed by atoms with van der Waals surface area (Å²) >= 11 is 0.866. The predicted octanol–water partition coefficient (Wildman–Crippen LogP) is 1.75. The summed E-state index contributed by atoms with van der Waals surface area (Å²) in [5.74, 6) is -0.794. The first kappa shape index (κ1) is 19.4. The highest BCUT2D eigenvalue weighted by Gasteiger charge is 2.31. The molecule has 10 heteroatoms. The van der Waals surface area contributed by atoms with Gasteiger partial charge >= 0.3 is 5.97 Å². The maximum absolute atomic E-state index is 12.8. The van der Waals surface area contributed by atoms with Crippen LogP contribution in [0, 0.1) is 0 Å². The zero-order chi connectivity index (χ0) is 19.6. The molecule has 0 aliphatic carbocycles. The van der Waals surface area contributed by atoms with E-state index in [4.69, 9.17) is 0 Å². The van der Waals surface area contributed by atoms with Gasteiger partial charge in [-0.15, -0.1) is 5.10 Å². The van der Waals surface area contributed by atoms with Crippen LogP contribution in [0.1, 0.15) is 45.2 Å². The molecule has 0 spiro atoms. The minimum Gasteiger partial charge on any atom is -0.465 e. The molecule has 1 fully saturated rings. The normalized spacial score (nSPS) is 17.6. The van der Waals surface area contributed by atoms with E-state index in [0.29, 0.717) is 29.9 Å². The summed E-state index contributed by atoms with van der Waals surface area (Å²) in [6.45, 7) is 0.964. The van der Waals surface area contributed by atoms with Crippen molar-refractivity contribution in [1.29, 1.82) is 0 Å². The van der Waals surface area contributed by atoms with Crippen molar-refractivity contribution < 1.29 is 22.7 Å². The molecule has 27 heavy (non-hydrogen) atoms. The van der Waals surface area contributed by atoms with Gasteiger partial charge in [-0.2, -0.15) is 0 Å². The third-order valence-electron chi connectivity index (χ3n) is 4.47. The van der Waals surface area contributed by atoms with Crippen molar-refractivity contribution >= 4 is 33.2 Å². The van der Waals surface area contributed by atoms with E-state index in [-0.39, 0.29) is 16.0 Å². The Labute approximate surface area is 161 Å². The van der Waals surface area contributed by atoms with Gasteiger partial charge < -0.3 is 9.64 Å². The number of hydrogen-bond donors (Lipinski definition) is 0. The number of aromatic nitrogens is 2.